The quantitative estimate of drug-likeness (QED) is 0.466. The molecule has 28 heavy (non-hydrogen) atoms. The lowest BCUT2D eigenvalue weighted by Crippen LogP contribution is -2.14. The van der Waals surface area contributed by atoms with Crippen LogP contribution in [0.3, 0.4) is 0 Å². The third kappa shape index (κ3) is 4.41. The summed E-state index contributed by atoms with van der Waals surface area (Å²) in [5.74, 6) is -0.754. The number of fused-ring (bicyclic) bond motifs is 1. The molecule has 0 atom stereocenters. The third-order valence-corrected chi connectivity index (χ3v) is 5.13. The summed E-state index contributed by atoms with van der Waals surface area (Å²) in [5.41, 5.74) is 0.434. The van der Waals surface area contributed by atoms with Gasteiger partial charge in [0.25, 0.3) is 10.0 Å². The van der Waals surface area contributed by atoms with Gasteiger partial charge in [-0.25, -0.2) is 9.78 Å². The van der Waals surface area contributed by atoms with Crippen LogP contribution in [0.5, 0.6) is 5.75 Å². The van der Waals surface area contributed by atoms with Gasteiger partial charge in [0, 0.05) is 37.8 Å². The van der Waals surface area contributed by atoms with Gasteiger partial charge in [0.05, 0.1) is 17.8 Å². The summed E-state index contributed by atoms with van der Waals surface area (Å²) in [7, 11) is -2.38. The number of hydrogen-bond acceptors (Lipinski definition) is 6. The molecule has 0 radical (unpaired) electrons. The maximum absolute atomic E-state index is 12.6. The molecule has 0 aliphatic carbocycles. The molecular weight excluding hydrogens is 386 g/mol. The van der Waals surface area contributed by atoms with Crippen LogP contribution in [-0.2, 0) is 14.8 Å². The molecule has 10 heteroatoms. The number of sulfonamides is 1. The first kappa shape index (κ1) is 19.6. The molecule has 9 nitrogen and oxygen atoms in total. The molecule has 0 fully saturated rings. The van der Waals surface area contributed by atoms with Crippen LogP contribution in [0, 0.1) is 0 Å². The van der Waals surface area contributed by atoms with Crippen molar-refractivity contribution >= 4 is 32.6 Å². The average molecular weight is 405 g/mol. The molecule has 3 N–H and O–H groups in total. The molecule has 2 heterocycles. The fourth-order valence-electron chi connectivity index (χ4n) is 2.59. The Morgan fingerprint density at radius 1 is 1.25 bits per heavy atom. The Bertz CT molecular complexity index is 1080. The van der Waals surface area contributed by atoms with Crippen molar-refractivity contribution in [2.45, 2.75) is 11.4 Å². The van der Waals surface area contributed by atoms with Gasteiger partial charge in [-0.05, 0) is 24.3 Å². The van der Waals surface area contributed by atoms with Crippen molar-refractivity contribution in [2.24, 2.45) is 0 Å². The molecule has 0 saturated heterocycles. The first-order chi connectivity index (χ1) is 13.4. The molecule has 0 amide bonds. The zero-order chi connectivity index (χ0) is 20.1. The van der Waals surface area contributed by atoms with Crippen LogP contribution in [0.1, 0.15) is 16.9 Å². The third-order valence-electron chi connectivity index (χ3n) is 3.85. The van der Waals surface area contributed by atoms with Gasteiger partial charge >= 0.3 is 5.97 Å². The molecule has 0 saturated carbocycles. The highest BCUT2D eigenvalue weighted by Crippen LogP contribution is 2.31. The normalized spacial score (nSPS) is 11.5. The van der Waals surface area contributed by atoms with Crippen molar-refractivity contribution in [1.82, 2.24) is 9.97 Å². The fraction of sp³-hybridized carbons (Fsp3) is 0.222. The molecular formula is C18H19N3O6S. The maximum atomic E-state index is 12.6. The van der Waals surface area contributed by atoms with Crippen LogP contribution in [0.2, 0.25) is 0 Å². The number of ether oxygens (including phenoxy) is 2. The van der Waals surface area contributed by atoms with Gasteiger partial charge in [0.15, 0.2) is 5.03 Å². The number of nitrogens with one attached hydrogen (secondary N) is 2. The predicted octanol–water partition coefficient (Wildman–Crippen LogP) is 2.48. The molecule has 3 rings (SSSR count). The molecule has 0 spiro atoms. The number of benzene rings is 1. The lowest BCUT2D eigenvalue weighted by molar-refractivity contribution is 0.0691. The summed E-state index contributed by atoms with van der Waals surface area (Å²) in [6, 6.07) is 9.08. The van der Waals surface area contributed by atoms with Gasteiger partial charge in [-0.15, -0.1) is 0 Å². The second-order valence-corrected chi connectivity index (χ2v) is 7.52. The first-order valence-electron chi connectivity index (χ1n) is 8.36. The molecule has 1 aromatic carbocycles. The van der Waals surface area contributed by atoms with E-state index in [2.05, 4.69) is 14.7 Å². The molecule has 0 bridgehead atoms. The average Bonchev–Trinajstić information content (AvgIpc) is 3.11. The van der Waals surface area contributed by atoms with Gasteiger partial charge in [0.1, 0.15) is 11.4 Å². The Hall–Kier alpha value is -3.11. The summed E-state index contributed by atoms with van der Waals surface area (Å²) in [6.07, 6.45) is 2.02. The minimum atomic E-state index is -3.97. The predicted molar refractivity (Wildman–Crippen MR) is 102 cm³/mol. The number of hydrogen-bond donors (Lipinski definition) is 3. The first-order valence-corrected chi connectivity index (χ1v) is 9.84. The number of aromatic carboxylic acids is 1. The van der Waals surface area contributed by atoms with Crippen molar-refractivity contribution in [3.05, 3.63) is 48.3 Å². The van der Waals surface area contributed by atoms with E-state index in [0.29, 0.717) is 36.3 Å². The Labute approximate surface area is 161 Å². The van der Waals surface area contributed by atoms with E-state index in [9.17, 15) is 18.3 Å². The molecule has 0 unspecified atom stereocenters. The number of carboxylic acid groups (broad SMARTS) is 1. The van der Waals surface area contributed by atoms with Gasteiger partial charge in [-0.1, -0.05) is 6.07 Å². The molecule has 0 aliphatic heterocycles. The number of aromatic amines is 1. The number of H-pyrrole nitrogens is 1. The van der Waals surface area contributed by atoms with Crippen LogP contribution in [0.15, 0.2) is 47.6 Å². The van der Waals surface area contributed by atoms with E-state index >= 15 is 0 Å². The van der Waals surface area contributed by atoms with Crippen molar-refractivity contribution in [2.75, 3.05) is 25.0 Å². The van der Waals surface area contributed by atoms with Crippen LogP contribution < -0.4 is 9.46 Å². The van der Waals surface area contributed by atoms with Gasteiger partial charge in [-0.3, -0.25) is 4.72 Å². The highest BCUT2D eigenvalue weighted by Gasteiger charge is 2.19. The number of anilines is 1. The molecule has 3 aromatic rings. The van der Waals surface area contributed by atoms with E-state index < -0.39 is 16.0 Å². The summed E-state index contributed by atoms with van der Waals surface area (Å²) in [5, 5.41) is 9.58. The van der Waals surface area contributed by atoms with Crippen LogP contribution in [0.25, 0.3) is 10.9 Å². The number of nitrogens with zero attached hydrogens (tertiary/aromatic N) is 1. The number of carbonyl (C=O) groups is 1. The molecule has 0 aliphatic rings. The lowest BCUT2D eigenvalue weighted by atomic mass is 10.2. The van der Waals surface area contributed by atoms with E-state index in [-0.39, 0.29) is 16.4 Å². The minimum Gasteiger partial charge on any atom is -0.493 e. The minimum absolute atomic E-state index is 0.0650. The molecule has 2 aromatic heterocycles. The van der Waals surface area contributed by atoms with Crippen molar-refractivity contribution < 1.29 is 27.8 Å². The van der Waals surface area contributed by atoms with E-state index in [1.807, 2.05) is 0 Å². The standard InChI is InChI=1S/C18H19N3O6S/c1-26-7-4-8-27-13-9-12-10-15(18(22)23)20-17(12)14(11-13)21-28(24,25)16-5-2-3-6-19-16/h2-3,5-6,9-11,20-21H,4,7-8H2,1H3,(H,22,23). The second kappa shape index (κ2) is 8.28. The van der Waals surface area contributed by atoms with Crippen LogP contribution in [0.4, 0.5) is 5.69 Å². The summed E-state index contributed by atoms with van der Waals surface area (Å²) in [6.45, 7) is 0.886. The number of methoxy groups -OCH3 is 1. The highest BCUT2D eigenvalue weighted by atomic mass is 32.2. The second-order valence-electron chi connectivity index (χ2n) is 5.89. The summed E-state index contributed by atoms with van der Waals surface area (Å²) < 4.78 is 38.3. The Morgan fingerprint density at radius 2 is 2.07 bits per heavy atom. The lowest BCUT2D eigenvalue weighted by Gasteiger charge is -2.12. The SMILES string of the molecule is COCCCOc1cc(NS(=O)(=O)c2ccccn2)c2[nH]c(C(=O)O)cc2c1. The number of aromatic nitrogens is 2. The number of rotatable bonds is 9. The molecule has 148 valence electrons. The number of pyridine rings is 1. The smallest absolute Gasteiger partial charge is 0.352 e. The van der Waals surface area contributed by atoms with Crippen molar-refractivity contribution in [3.8, 4) is 5.75 Å². The topological polar surface area (TPSA) is 131 Å². The maximum Gasteiger partial charge on any atom is 0.352 e. The van der Waals surface area contributed by atoms with Gasteiger partial charge in [-0.2, -0.15) is 8.42 Å². The van der Waals surface area contributed by atoms with E-state index in [0.717, 1.165) is 0 Å². The van der Waals surface area contributed by atoms with E-state index in [1.165, 1.54) is 24.4 Å². The highest BCUT2D eigenvalue weighted by molar-refractivity contribution is 7.92. The van der Waals surface area contributed by atoms with Gasteiger partial charge in [0.2, 0.25) is 0 Å². The fourth-order valence-corrected chi connectivity index (χ4v) is 3.60. The monoisotopic (exact) mass is 405 g/mol. The number of carboxylic acids is 1. The van der Waals surface area contributed by atoms with E-state index in [4.69, 9.17) is 9.47 Å². The van der Waals surface area contributed by atoms with Crippen molar-refractivity contribution in [3.63, 3.8) is 0 Å². The van der Waals surface area contributed by atoms with Crippen LogP contribution in [-0.4, -0.2) is 49.8 Å². The van der Waals surface area contributed by atoms with Crippen LogP contribution >= 0.6 is 0 Å². The van der Waals surface area contributed by atoms with E-state index in [1.54, 1.807) is 25.3 Å². The summed E-state index contributed by atoms with van der Waals surface area (Å²) in [4.78, 5) is 17.9. The Balaban J connectivity index is 1.99. The zero-order valence-electron chi connectivity index (χ0n) is 15.0. The zero-order valence-corrected chi connectivity index (χ0v) is 15.8. The Morgan fingerprint density at radius 3 is 2.75 bits per heavy atom. The van der Waals surface area contributed by atoms with Gasteiger partial charge < -0.3 is 19.6 Å². The van der Waals surface area contributed by atoms with Crippen molar-refractivity contribution in [1.29, 1.82) is 0 Å². The summed E-state index contributed by atoms with van der Waals surface area (Å²) >= 11 is 0. The Kier molecular flexibility index (Phi) is 5.81. The largest absolute Gasteiger partial charge is 0.493 e.